The Balaban J connectivity index is 1.36. The summed E-state index contributed by atoms with van der Waals surface area (Å²) in [6.07, 6.45) is 1.55. The molecule has 0 saturated heterocycles. The van der Waals surface area contributed by atoms with Gasteiger partial charge >= 0.3 is 0 Å². The summed E-state index contributed by atoms with van der Waals surface area (Å²) < 4.78 is 8.18. The largest absolute Gasteiger partial charge is 0.457 e. The van der Waals surface area contributed by atoms with Crippen LogP contribution in [0.3, 0.4) is 0 Å². The van der Waals surface area contributed by atoms with Crippen molar-refractivity contribution in [2.24, 2.45) is 0 Å². The second kappa shape index (κ2) is 8.07. The number of benzene rings is 3. The van der Waals surface area contributed by atoms with Crippen LogP contribution in [0.25, 0.3) is 16.7 Å². The summed E-state index contributed by atoms with van der Waals surface area (Å²) in [6, 6.07) is 28.4. The normalized spacial score (nSPS) is 13.3. The quantitative estimate of drug-likeness (QED) is 0.407. The molecule has 3 aromatic carbocycles. The lowest BCUT2D eigenvalue weighted by atomic mass is 10.2. The summed E-state index contributed by atoms with van der Waals surface area (Å²) in [5, 5.41) is 0. The number of hydrogen-bond donors (Lipinski definition) is 1. The number of nitrogen functional groups attached to an aromatic ring is 1. The van der Waals surface area contributed by atoms with Gasteiger partial charge in [0, 0.05) is 36.6 Å². The molecule has 0 radical (unpaired) electrons. The van der Waals surface area contributed by atoms with Crippen LogP contribution in [0.1, 0.15) is 16.8 Å². The maximum atomic E-state index is 6.34. The third kappa shape index (κ3) is 3.60. The Labute approximate surface area is 191 Å². The van der Waals surface area contributed by atoms with Crippen LogP contribution < -0.4 is 10.5 Å². The van der Waals surface area contributed by atoms with E-state index in [0.717, 1.165) is 47.9 Å². The van der Waals surface area contributed by atoms with Crippen LogP contribution >= 0.6 is 0 Å². The minimum Gasteiger partial charge on any atom is -0.457 e. The fourth-order valence-electron chi connectivity index (χ4n) is 4.59. The van der Waals surface area contributed by atoms with Crippen molar-refractivity contribution in [2.75, 3.05) is 5.73 Å². The average molecular weight is 434 g/mol. The maximum absolute atomic E-state index is 6.34. The Morgan fingerprint density at radius 3 is 2.24 bits per heavy atom. The number of fused-ring (bicyclic) bond motifs is 3. The molecule has 0 aliphatic carbocycles. The highest BCUT2D eigenvalue weighted by molar-refractivity contribution is 5.91. The van der Waals surface area contributed by atoms with E-state index in [0.29, 0.717) is 5.82 Å². The zero-order chi connectivity index (χ0) is 22.2. The second-order valence-corrected chi connectivity index (χ2v) is 8.26. The van der Waals surface area contributed by atoms with Crippen LogP contribution in [0, 0.1) is 0 Å². The molecular formula is C27H23N5O. The Morgan fingerprint density at radius 1 is 0.788 bits per heavy atom. The molecule has 5 aromatic rings. The van der Waals surface area contributed by atoms with Crippen molar-refractivity contribution in [1.82, 2.24) is 19.4 Å². The van der Waals surface area contributed by atoms with Crippen LogP contribution in [0.4, 0.5) is 5.82 Å². The fourth-order valence-corrected chi connectivity index (χ4v) is 4.59. The first-order valence-corrected chi connectivity index (χ1v) is 11.0. The number of hydrogen-bond acceptors (Lipinski definition) is 5. The van der Waals surface area contributed by atoms with E-state index in [1.807, 2.05) is 42.5 Å². The van der Waals surface area contributed by atoms with Gasteiger partial charge in [-0.2, -0.15) is 0 Å². The minimum atomic E-state index is 0.494. The molecule has 3 heterocycles. The molecule has 6 rings (SSSR count). The second-order valence-electron chi connectivity index (χ2n) is 8.26. The van der Waals surface area contributed by atoms with Crippen LogP contribution in [-0.4, -0.2) is 19.4 Å². The van der Waals surface area contributed by atoms with Crippen molar-refractivity contribution in [3.05, 3.63) is 108 Å². The van der Waals surface area contributed by atoms with E-state index in [9.17, 15) is 0 Å². The number of para-hydroxylation sites is 1. The van der Waals surface area contributed by atoms with Gasteiger partial charge in [-0.1, -0.05) is 48.5 Å². The molecule has 1 aliphatic rings. The van der Waals surface area contributed by atoms with E-state index < -0.39 is 0 Å². The maximum Gasteiger partial charge on any atom is 0.151 e. The van der Waals surface area contributed by atoms with Gasteiger partial charge in [-0.25, -0.2) is 9.97 Å². The molecule has 0 atom stereocenters. The zero-order valence-corrected chi connectivity index (χ0v) is 18.1. The highest BCUT2D eigenvalue weighted by Gasteiger charge is 2.29. The van der Waals surface area contributed by atoms with Crippen molar-refractivity contribution in [3.63, 3.8) is 0 Å². The molecule has 0 saturated carbocycles. The van der Waals surface area contributed by atoms with Gasteiger partial charge in [-0.05, 0) is 42.0 Å². The topological polar surface area (TPSA) is 69.2 Å². The predicted octanol–water partition coefficient (Wildman–Crippen LogP) is 5.31. The summed E-state index contributed by atoms with van der Waals surface area (Å²) >= 11 is 0. The molecule has 0 amide bonds. The van der Waals surface area contributed by atoms with Crippen LogP contribution in [0.5, 0.6) is 11.5 Å². The average Bonchev–Trinajstić information content (AvgIpc) is 3.38. The summed E-state index contributed by atoms with van der Waals surface area (Å²) in [5.41, 5.74) is 12.9. The van der Waals surface area contributed by atoms with Crippen molar-refractivity contribution in [3.8, 4) is 17.2 Å². The molecule has 0 fully saturated rings. The predicted molar refractivity (Wildman–Crippen MR) is 129 cm³/mol. The first kappa shape index (κ1) is 19.5. The van der Waals surface area contributed by atoms with Gasteiger partial charge in [0.2, 0.25) is 0 Å². The van der Waals surface area contributed by atoms with Crippen molar-refractivity contribution in [1.29, 1.82) is 0 Å². The van der Waals surface area contributed by atoms with Gasteiger partial charge in [0.15, 0.2) is 5.82 Å². The lowest BCUT2D eigenvalue weighted by Gasteiger charge is -2.17. The van der Waals surface area contributed by atoms with Crippen molar-refractivity contribution >= 4 is 16.9 Å². The van der Waals surface area contributed by atoms with Gasteiger partial charge in [0.25, 0.3) is 0 Å². The summed E-state index contributed by atoms with van der Waals surface area (Å²) in [6.45, 7) is 2.54. The van der Waals surface area contributed by atoms with Gasteiger partial charge in [0.1, 0.15) is 23.3 Å². The molecule has 2 aromatic heterocycles. The smallest absolute Gasteiger partial charge is 0.151 e. The fraction of sp³-hybridized carbons (Fsp3) is 0.111. The first-order valence-electron chi connectivity index (χ1n) is 11.0. The van der Waals surface area contributed by atoms with Crippen LogP contribution in [0.2, 0.25) is 0 Å². The standard InChI is InChI=1S/C27H23N5O/c28-27-26-25(29-18-30-27)23-16-31(15-19-7-3-1-4-8-19)17-24(23)32(26)20-11-13-22(14-12-20)33-21-9-5-2-6-10-21/h1-14,18H,15-17H2,(H2,28,29,30). The van der Waals surface area contributed by atoms with Crippen molar-refractivity contribution < 1.29 is 4.74 Å². The SMILES string of the molecule is Nc1ncnc2c3c(n(-c4ccc(Oc5ccccc5)cc4)c12)CN(Cc1ccccc1)C3. The van der Waals surface area contributed by atoms with E-state index in [1.165, 1.54) is 16.8 Å². The Morgan fingerprint density at radius 2 is 1.48 bits per heavy atom. The Kier molecular flexibility index (Phi) is 4.78. The lowest BCUT2D eigenvalue weighted by Crippen LogP contribution is -2.17. The minimum absolute atomic E-state index is 0.494. The molecular weight excluding hydrogens is 410 g/mol. The third-order valence-electron chi connectivity index (χ3n) is 6.06. The van der Waals surface area contributed by atoms with E-state index in [2.05, 4.69) is 61.9 Å². The summed E-state index contributed by atoms with van der Waals surface area (Å²) in [5.74, 6) is 2.09. The highest BCUT2D eigenvalue weighted by Crippen LogP contribution is 2.37. The van der Waals surface area contributed by atoms with E-state index in [-0.39, 0.29) is 0 Å². The van der Waals surface area contributed by atoms with Gasteiger partial charge < -0.3 is 15.0 Å². The van der Waals surface area contributed by atoms with Gasteiger partial charge in [0.05, 0.1) is 5.52 Å². The molecule has 162 valence electrons. The molecule has 0 bridgehead atoms. The number of rotatable bonds is 5. The third-order valence-corrected chi connectivity index (χ3v) is 6.06. The van der Waals surface area contributed by atoms with Crippen LogP contribution in [0.15, 0.2) is 91.3 Å². The Bertz CT molecular complexity index is 1410. The Hall–Kier alpha value is -4.16. The zero-order valence-electron chi connectivity index (χ0n) is 18.1. The number of ether oxygens (including phenoxy) is 1. The van der Waals surface area contributed by atoms with E-state index in [4.69, 9.17) is 10.5 Å². The van der Waals surface area contributed by atoms with Crippen molar-refractivity contribution in [2.45, 2.75) is 19.6 Å². The number of aromatic nitrogens is 3. The lowest BCUT2D eigenvalue weighted by molar-refractivity contribution is 0.273. The monoisotopic (exact) mass is 433 g/mol. The first-order chi connectivity index (χ1) is 16.3. The number of anilines is 1. The van der Waals surface area contributed by atoms with Gasteiger partial charge in [-0.15, -0.1) is 0 Å². The summed E-state index contributed by atoms with van der Waals surface area (Å²) in [7, 11) is 0. The number of nitrogens with two attached hydrogens (primary N) is 1. The molecule has 33 heavy (non-hydrogen) atoms. The molecule has 6 heteroatoms. The van der Waals surface area contributed by atoms with E-state index >= 15 is 0 Å². The number of nitrogens with zero attached hydrogens (tertiary/aromatic N) is 4. The van der Waals surface area contributed by atoms with Crippen LogP contribution in [-0.2, 0) is 19.6 Å². The highest BCUT2D eigenvalue weighted by atomic mass is 16.5. The van der Waals surface area contributed by atoms with Gasteiger partial charge in [-0.3, -0.25) is 4.90 Å². The van der Waals surface area contributed by atoms with E-state index in [1.54, 1.807) is 6.33 Å². The summed E-state index contributed by atoms with van der Waals surface area (Å²) in [4.78, 5) is 11.3. The molecule has 6 nitrogen and oxygen atoms in total. The molecule has 0 unspecified atom stereocenters. The molecule has 0 spiro atoms. The molecule has 1 aliphatic heterocycles. The molecule has 2 N–H and O–H groups in total.